The lowest BCUT2D eigenvalue weighted by molar-refractivity contribution is -0.137. The number of carbonyl (C=O) groups is 4. The van der Waals surface area contributed by atoms with Crippen molar-refractivity contribution in [3.8, 4) is 0 Å². The van der Waals surface area contributed by atoms with Crippen LogP contribution in [0, 0.1) is 0 Å². The second-order valence-electron chi connectivity index (χ2n) is 7.04. The molecule has 0 radical (unpaired) electrons. The minimum atomic E-state index is -4.67. The van der Waals surface area contributed by atoms with Crippen molar-refractivity contribution in [3.05, 3.63) is 64.7 Å². The van der Waals surface area contributed by atoms with Gasteiger partial charge in [0.15, 0.2) is 6.61 Å². The summed E-state index contributed by atoms with van der Waals surface area (Å²) < 4.78 is 48.8. The number of para-hydroxylation sites is 1. The summed E-state index contributed by atoms with van der Waals surface area (Å²) in [5, 5.41) is 2.06. The van der Waals surface area contributed by atoms with Gasteiger partial charge in [0.05, 0.1) is 27.9 Å². The van der Waals surface area contributed by atoms with Gasteiger partial charge < -0.3 is 14.8 Å². The van der Waals surface area contributed by atoms with Crippen molar-refractivity contribution in [1.82, 2.24) is 4.90 Å². The molecule has 1 aliphatic rings. The highest BCUT2D eigenvalue weighted by atomic mass is 19.4. The molecular weight excluding hydrogens is 445 g/mol. The van der Waals surface area contributed by atoms with E-state index in [4.69, 9.17) is 9.47 Å². The van der Waals surface area contributed by atoms with Crippen LogP contribution in [0.4, 0.5) is 18.9 Å². The molecule has 3 rings (SSSR count). The monoisotopic (exact) mass is 464 g/mol. The fraction of sp³-hybridized carbons (Fsp3) is 0.273. The average molecular weight is 464 g/mol. The number of anilines is 1. The molecule has 3 amide bonds. The molecule has 0 saturated heterocycles. The van der Waals surface area contributed by atoms with Crippen LogP contribution in [0.2, 0.25) is 0 Å². The molecule has 174 valence electrons. The SMILES string of the molecule is COCCCN1C(=O)c2ccc(C(=O)OCC(=O)Nc3ccccc3C(F)(F)F)cc2C1=O. The largest absolute Gasteiger partial charge is 0.452 e. The lowest BCUT2D eigenvalue weighted by atomic mass is 10.1. The van der Waals surface area contributed by atoms with Crippen LogP contribution < -0.4 is 5.32 Å². The van der Waals surface area contributed by atoms with Crippen molar-refractivity contribution in [1.29, 1.82) is 0 Å². The number of fused-ring (bicyclic) bond motifs is 1. The van der Waals surface area contributed by atoms with Gasteiger partial charge in [0, 0.05) is 20.3 Å². The van der Waals surface area contributed by atoms with E-state index in [1.165, 1.54) is 37.4 Å². The summed E-state index contributed by atoms with van der Waals surface area (Å²) in [4.78, 5) is 50.3. The Labute approximate surface area is 186 Å². The minimum Gasteiger partial charge on any atom is -0.452 e. The quantitative estimate of drug-likeness (QED) is 0.366. The number of rotatable bonds is 8. The van der Waals surface area contributed by atoms with Crippen molar-refractivity contribution in [2.24, 2.45) is 0 Å². The first-order valence-electron chi connectivity index (χ1n) is 9.76. The van der Waals surface area contributed by atoms with Gasteiger partial charge in [-0.3, -0.25) is 19.3 Å². The maximum atomic E-state index is 13.0. The summed E-state index contributed by atoms with van der Waals surface area (Å²) in [5.41, 5.74) is -1.44. The Hall–Kier alpha value is -3.73. The summed E-state index contributed by atoms with van der Waals surface area (Å²) in [6.07, 6.45) is -4.23. The molecule has 2 aromatic carbocycles. The second-order valence-corrected chi connectivity index (χ2v) is 7.04. The van der Waals surface area contributed by atoms with Gasteiger partial charge in [-0.05, 0) is 36.8 Å². The van der Waals surface area contributed by atoms with Crippen LogP contribution >= 0.6 is 0 Å². The number of methoxy groups -OCH3 is 1. The minimum absolute atomic E-state index is 0.0235. The van der Waals surface area contributed by atoms with Crippen molar-refractivity contribution < 1.29 is 41.8 Å². The molecule has 0 spiro atoms. The summed E-state index contributed by atoms with van der Waals surface area (Å²) in [6, 6.07) is 8.14. The fourth-order valence-corrected chi connectivity index (χ4v) is 3.23. The van der Waals surface area contributed by atoms with Crippen molar-refractivity contribution in [3.63, 3.8) is 0 Å². The van der Waals surface area contributed by atoms with Crippen LogP contribution in [0.1, 0.15) is 43.1 Å². The van der Waals surface area contributed by atoms with E-state index in [1.807, 2.05) is 0 Å². The molecule has 8 nitrogen and oxygen atoms in total. The molecule has 1 heterocycles. The number of halogens is 3. The lowest BCUT2D eigenvalue weighted by Gasteiger charge is -2.13. The molecule has 0 saturated carbocycles. The molecule has 0 aliphatic carbocycles. The number of ether oxygens (including phenoxy) is 2. The number of hydrogen-bond donors (Lipinski definition) is 1. The van der Waals surface area contributed by atoms with E-state index in [1.54, 1.807) is 0 Å². The predicted octanol–water partition coefficient (Wildman–Crippen LogP) is 3.13. The van der Waals surface area contributed by atoms with Crippen LogP contribution in [0.15, 0.2) is 42.5 Å². The first kappa shape index (κ1) is 23.9. The number of nitrogens with zero attached hydrogens (tertiary/aromatic N) is 1. The highest BCUT2D eigenvalue weighted by Crippen LogP contribution is 2.34. The number of nitrogens with one attached hydrogen (secondary N) is 1. The highest BCUT2D eigenvalue weighted by molar-refractivity contribution is 6.22. The Balaban J connectivity index is 1.63. The third kappa shape index (κ3) is 5.37. The molecule has 33 heavy (non-hydrogen) atoms. The average Bonchev–Trinajstić information content (AvgIpc) is 3.01. The molecule has 2 aromatic rings. The van der Waals surface area contributed by atoms with Crippen molar-refractivity contribution in [2.75, 3.05) is 32.2 Å². The van der Waals surface area contributed by atoms with Gasteiger partial charge in [-0.2, -0.15) is 13.2 Å². The molecule has 1 aliphatic heterocycles. The Morgan fingerprint density at radius 3 is 2.42 bits per heavy atom. The van der Waals surface area contributed by atoms with Crippen molar-refractivity contribution in [2.45, 2.75) is 12.6 Å². The topological polar surface area (TPSA) is 102 Å². The van der Waals surface area contributed by atoms with E-state index in [0.29, 0.717) is 13.0 Å². The number of imide groups is 1. The zero-order valence-electron chi connectivity index (χ0n) is 17.4. The van der Waals surface area contributed by atoms with Gasteiger partial charge >= 0.3 is 12.1 Å². The molecule has 0 unspecified atom stereocenters. The zero-order chi connectivity index (χ0) is 24.2. The number of benzene rings is 2. The standard InChI is InChI=1S/C22H19F3N2O6/c1-32-10-4-9-27-19(29)14-8-7-13(11-15(14)20(27)30)21(31)33-12-18(28)26-17-6-3-2-5-16(17)22(23,24)25/h2-3,5-8,11H,4,9-10,12H2,1H3,(H,26,28). The smallest absolute Gasteiger partial charge is 0.418 e. The van der Waals surface area contributed by atoms with Crippen LogP contribution in [-0.4, -0.2) is 55.5 Å². The third-order valence-corrected chi connectivity index (χ3v) is 4.78. The van der Waals surface area contributed by atoms with Gasteiger partial charge in [-0.1, -0.05) is 12.1 Å². The first-order valence-corrected chi connectivity index (χ1v) is 9.76. The van der Waals surface area contributed by atoms with E-state index in [0.717, 1.165) is 17.0 Å². The van der Waals surface area contributed by atoms with E-state index in [2.05, 4.69) is 5.32 Å². The van der Waals surface area contributed by atoms with E-state index < -0.39 is 47.7 Å². The van der Waals surface area contributed by atoms with E-state index in [9.17, 15) is 32.3 Å². The number of alkyl halides is 3. The summed E-state index contributed by atoms with van der Waals surface area (Å²) >= 11 is 0. The molecule has 0 bridgehead atoms. The molecule has 1 N–H and O–H groups in total. The summed E-state index contributed by atoms with van der Waals surface area (Å²) in [5.74, 6) is -3.01. The summed E-state index contributed by atoms with van der Waals surface area (Å²) in [7, 11) is 1.50. The van der Waals surface area contributed by atoms with E-state index in [-0.39, 0.29) is 23.2 Å². The Kier molecular flexibility index (Phi) is 7.12. The Morgan fingerprint density at radius 1 is 1.03 bits per heavy atom. The maximum absolute atomic E-state index is 13.0. The number of hydrogen-bond acceptors (Lipinski definition) is 6. The van der Waals surface area contributed by atoms with Gasteiger partial charge in [0.25, 0.3) is 17.7 Å². The van der Waals surface area contributed by atoms with Crippen LogP contribution in [0.5, 0.6) is 0 Å². The van der Waals surface area contributed by atoms with Gasteiger partial charge in [0.1, 0.15) is 0 Å². The van der Waals surface area contributed by atoms with E-state index >= 15 is 0 Å². The fourth-order valence-electron chi connectivity index (χ4n) is 3.23. The van der Waals surface area contributed by atoms with Gasteiger partial charge in [0.2, 0.25) is 0 Å². The Morgan fingerprint density at radius 2 is 1.73 bits per heavy atom. The zero-order valence-corrected chi connectivity index (χ0v) is 17.4. The third-order valence-electron chi connectivity index (χ3n) is 4.78. The first-order chi connectivity index (χ1) is 15.6. The highest BCUT2D eigenvalue weighted by Gasteiger charge is 2.36. The van der Waals surface area contributed by atoms with Crippen LogP contribution in [0.25, 0.3) is 0 Å². The Bertz CT molecular complexity index is 1100. The second kappa shape index (κ2) is 9.82. The molecule has 0 fully saturated rings. The lowest BCUT2D eigenvalue weighted by Crippen LogP contribution is -2.31. The van der Waals surface area contributed by atoms with Crippen molar-refractivity contribution >= 4 is 29.4 Å². The molecule has 0 aromatic heterocycles. The van der Waals surface area contributed by atoms with Crippen LogP contribution in [0.3, 0.4) is 0 Å². The summed E-state index contributed by atoms with van der Waals surface area (Å²) in [6.45, 7) is -0.335. The van der Waals surface area contributed by atoms with Crippen LogP contribution in [-0.2, 0) is 20.4 Å². The van der Waals surface area contributed by atoms with Gasteiger partial charge in [-0.15, -0.1) is 0 Å². The number of amides is 3. The molecular formula is C22H19F3N2O6. The van der Waals surface area contributed by atoms with Gasteiger partial charge in [-0.25, -0.2) is 4.79 Å². The predicted molar refractivity (Wildman–Crippen MR) is 109 cm³/mol. The number of carbonyl (C=O) groups excluding carboxylic acids is 4. The molecule has 0 atom stereocenters. The normalized spacial score (nSPS) is 13.2. The number of esters is 1. The maximum Gasteiger partial charge on any atom is 0.418 e. The molecule has 11 heteroatoms.